The van der Waals surface area contributed by atoms with Gasteiger partial charge in [-0.2, -0.15) is 0 Å². The van der Waals surface area contributed by atoms with Gasteiger partial charge in [0.25, 0.3) is 0 Å². The molecule has 17 heavy (non-hydrogen) atoms. The highest BCUT2D eigenvalue weighted by Gasteiger charge is 2.27. The minimum absolute atomic E-state index is 0.112. The average Bonchev–Trinajstić information content (AvgIpc) is 2.24. The fraction of sp³-hybridized carbons (Fsp3) is 0.833. The monoisotopic (exact) mass is 243 g/mol. The summed E-state index contributed by atoms with van der Waals surface area (Å²) in [5, 5.41) is 12.1. The first-order chi connectivity index (χ1) is 7.79. The van der Waals surface area contributed by atoms with E-state index in [2.05, 4.69) is 5.32 Å². The van der Waals surface area contributed by atoms with Gasteiger partial charge in [-0.25, -0.2) is 0 Å². The first-order valence-electron chi connectivity index (χ1n) is 5.91. The van der Waals surface area contributed by atoms with Crippen LogP contribution >= 0.6 is 0 Å². The van der Waals surface area contributed by atoms with Crippen LogP contribution in [-0.2, 0) is 9.59 Å². The van der Waals surface area contributed by atoms with E-state index in [0.29, 0.717) is 6.42 Å². The van der Waals surface area contributed by atoms with Crippen molar-refractivity contribution in [2.75, 3.05) is 0 Å². The number of hydrogen-bond donors (Lipinski definition) is 3. The van der Waals surface area contributed by atoms with E-state index in [9.17, 15) is 14.7 Å². The molecule has 0 rings (SSSR count). The van der Waals surface area contributed by atoms with Crippen molar-refractivity contribution in [2.45, 2.75) is 52.3 Å². The highest BCUT2D eigenvalue weighted by molar-refractivity contribution is 5.84. The first-order valence-corrected chi connectivity index (χ1v) is 5.91. The van der Waals surface area contributed by atoms with Crippen molar-refractivity contribution in [2.24, 2.45) is 17.6 Å². The summed E-state index contributed by atoms with van der Waals surface area (Å²) in [6.45, 7) is 7.43. The number of carbonyl (C=O) groups is 1. The Morgan fingerprint density at radius 2 is 1.88 bits per heavy atom. The largest absolute Gasteiger partial charge is 0.391 e. The number of rotatable bonds is 7. The normalized spacial score (nSPS) is 16.7. The van der Waals surface area contributed by atoms with Crippen LogP contribution in [0.3, 0.4) is 0 Å². The molecule has 1 radical (unpaired) electrons. The van der Waals surface area contributed by atoms with Crippen molar-refractivity contribution in [1.29, 1.82) is 0 Å². The lowest BCUT2D eigenvalue weighted by Gasteiger charge is -2.23. The zero-order valence-electron chi connectivity index (χ0n) is 10.9. The van der Waals surface area contributed by atoms with Crippen LogP contribution in [0.15, 0.2) is 0 Å². The van der Waals surface area contributed by atoms with E-state index in [0.717, 1.165) is 0 Å². The summed E-state index contributed by atoms with van der Waals surface area (Å²) < 4.78 is 0. The Hall–Kier alpha value is -0.940. The molecule has 0 spiro atoms. The van der Waals surface area contributed by atoms with E-state index in [1.54, 1.807) is 20.1 Å². The third kappa shape index (κ3) is 5.79. The van der Waals surface area contributed by atoms with Gasteiger partial charge >= 0.3 is 0 Å². The second kappa shape index (κ2) is 7.40. The van der Waals surface area contributed by atoms with Gasteiger partial charge in [0, 0.05) is 0 Å². The predicted octanol–water partition coefficient (Wildman–Crippen LogP) is -0.0288. The molecule has 0 fully saturated rings. The molecule has 0 aliphatic carbocycles. The summed E-state index contributed by atoms with van der Waals surface area (Å²) >= 11 is 0. The van der Waals surface area contributed by atoms with Gasteiger partial charge in [-0.3, -0.25) is 9.59 Å². The molecule has 0 aromatic heterocycles. The molecule has 0 heterocycles. The summed E-state index contributed by atoms with van der Waals surface area (Å²) in [4.78, 5) is 22.3. The molecule has 5 nitrogen and oxygen atoms in total. The second-order valence-electron chi connectivity index (χ2n) is 5.07. The van der Waals surface area contributed by atoms with Gasteiger partial charge in [0.05, 0.1) is 12.1 Å². The molecule has 3 atom stereocenters. The molecule has 0 aliphatic heterocycles. The maximum Gasteiger partial charge on any atom is 0.240 e. The molecule has 4 N–H and O–H groups in total. The van der Waals surface area contributed by atoms with Crippen LogP contribution in [0.1, 0.15) is 34.1 Å². The SMILES string of the molecule is CC(C)C[C@@H]([C]=O)NC(=O)[C@@H](N)[C@H](O)C(C)C. The predicted molar refractivity (Wildman–Crippen MR) is 65.9 cm³/mol. The quantitative estimate of drug-likeness (QED) is 0.585. The fourth-order valence-corrected chi connectivity index (χ4v) is 1.45. The van der Waals surface area contributed by atoms with Gasteiger partial charge in [-0.1, -0.05) is 27.7 Å². The van der Waals surface area contributed by atoms with Crippen LogP contribution in [0.5, 0.6) is 0 Å². The minimum Gasteiger partial charge on any atom is -0.391 e. The maximum atomic E-state index is 11.7. The summed E-state index contributed by atoms with van der Waals surface area (Å²) in [6, 6.07) is -1.68. The van der Waals surface area contributed by atoms with Crippen molar-refractivity contribution in [3.63, 3.8) is 0 Å². The van der Waals surface area contributed by atoms with E-state index in [-0.39, 0.29) is 11.8 Å². The Bertz CT molecular complexity index is 254. The molecule has 99 valence electrons. The van der Waals surface area contributed by atoms with Gasteiger partial charge in [-0.15, -0.1) is 0 Å². The second-order valence-corrected chi connectivity index (χ2v) is 5.07. The van der Waals surface area contributed by atoms with E-state index in [1.807, 2.05) is 13.8 Å². The van der Waals surface area contributed by atoms with Crippen LogP contribution in [-0.4, -0.2) is 35.5 Å². The number of aliphatic hydroxyl groups excluding tert-OH is 1. The molecular formula is C12H23N2O3. The number of nitrogens with two attached hydrogens (primary N) is 1. The minimum atomic E-state index is -1.02. The standard InChI is InChI=1S/C12H23N2O3/c1-7(2)5-9(6-15)14-12(17)10(13)11(16)8(3)4/h7-11,16H,5,13H2,1-4H3,(H,14,17)/t9-,10-,11+/m0/s1. The fourth-order valence-electron chi connectivity index (χ4n) is 1.45. The zero-order valence-corrected chi connectivity index (χ0v) is 10.9. The molecular weight excluding hydrogens is 220 g/mol. The number of carbonyl (C=O) groups excluding carboxylic acids is 2. The molecule has 5 heteroatoms. The van der Waals surface area contributed by atoms with E-state index in [4.69, 9.17) is 5.73 Å². The zero-order chi connectivity index (χ0) is 13.6. The van der Waals surface area contributed by atoms with Gasteiger partial charge in [0.1, 0.15) is 6.04 Å². The molecule has 1 amide bonds. The van der Waals surface area contributed by atoms with Crippen molar-refractivity contribution in [3.8, 4) is 0 Å². The molecule has 0 aromatic rings. The summed E-state index contributed by atoms with van der Waals surface area (Å²) in [7, 11) is 0. The Morgan fingerprint density at radius 1 is 1.35 bits per heavy atom. The Labute approximate surface area is 103 Å². The third-order valence-corrected chi connectivity index (χ3v) is 2.52. The number of aliphatic hydroxyl groups is 1. The van der Waals surface area contributed by atoms with Crippen LogP contribution in [0, 0.1) is 11.8 Å². The Morgan fingerprint density at radius 3 is 2.24 bits per heavy atom. The van der Waals surface area contributed by atoms with Gasteiger partial charge < -0.3 is 16.2 Å². The highest BCUT2D eigenvalue weighted by Crippen LogP contribution is 2.06. The van der Waals surface area contributed by atoms with Gasteiger partial charge in [-0.05, 0) is 18.3 Å². The molecule has 0 aromatic carbocycles. The summed E-state index contributed by atoms with van der Waals surface area (Å²) in [5.74, 6) is -0.354. The van der Waals surface area contributed by atoms with E-state index < -0.39 is 24.1 Å². The molecule has 0 saturated heterocycles. The van der Waals surface area contributed by atoms with Crippen LogP contribution in [0.25, 0.3) is 0 Å². The smallest absolute Gasteiger partial charge is 0.240 e. The van der Waals surface area contributed by atoms with Gasteiger partial charge in [0.15, 0.2) is 0 Å². The Kier molecular flexibility index (Phi) is 6.99. The highest BCUT2D eigenvalue weighted by atomic mass is 16.3. The third-order valence-electron chi connectivity index (χ3n) is 2.52. The van der Waals surface area contributed by atoms with Crippen molar-refractivity contribution in [3.05, 3.63) is 0 Å². The molecule has 0 aliphatic rings. The maximum absolute atomic E-state index is 11.7. The first kappa shape index (κ1) is 16.1. The van der Waals surface area contributed by atoms with Crippen molar-refractivity contribution in [1.82, 2.24) is 5.32 Å². The van der Waals surface area contributed by atoms with Gasteiger partial charge in [0.2, 0.25) is 12.2 Å². The summed E-state index contributed by atoms with van der Waals surface area (Å²) in [6.07, 6.45) is 1.37. The molecule has 0 saturated carbocycles. The van der Waals surface area contributed by atoms with Crippen molar-refractivity contribution >= 4 is 12.2 Å². The molecule has 0 unspecified atom stereocenters. The lowest BCUT2D eigenvalue weighted by molar-refractivity contribution is -0.125. The van der Waals surface area contributed by atoms with Crippen molar-refractivity contribution < 1.29 is 14.7 Å². The van der Waals surface area contributed by atoms with Crippen LogP contribution in [0.2, 0.25) is 0 Å². The topological polar surface area (TPSA) is 92.4 Å². The number of amides is 1. The Balaban J connectivity index is 4.36. The average molecular weight is 243 g/mol. The molecule has 0 bridgehead atoms. The van der Waals surface area contributed by atoms with E-state index in [1.165, 1.54) is 0 Å². The van der Waals surface area contributed by atoms with E-state index >= 15 is 0 Å². The lowest BCUT2D eigenvalue weighted by Crippen LogP contribution is -2.53. The van der Waals surface area contributed by atoms with Crippen LogP contribution < -0.4 is 11.1 Å². The lowest BCUT2D eigenvalue weighted by atomic mass is 9.99. The van der Waals surface area contributed by atoms with Crippen LogP contribution in [0.4, 0.5) is 0 Å². The number of hydrogen-bond acceptors (Lipinski definition) is 4. The number of nitrogens with one attached hydrogen (secondary N) is 1. The summed E-state index contributed by atoms with van der Waals surface area (Å²) in [5.41, 5.74) is 5.60.